The number of benzene rings is 1. The van der Waals surface area contributed by atoms with Gasteiger partial charge in [-0.2, -0.15) is 0 Å². The lowest BCUT2D eigenvalue weighted by Gasteiger charge is -2.06. The Morgan fingerprint density at radius 1 is 1.43 bits per heavy atom. The summed E-state index contributed by atoms with van der Waals surface area (Å²) in [5.41, 5.74) is 0.364. The van der Waals surface area contributed by atoms with Gasteiger partial charge in [0.25, 0.3) is 0 Å². The molecule has 21 heavy (non-hydrogen) atoms. The molecule has 2 aromatic rings. The summed E-state index contributed by atoms with van der Waals surface area (Å²) in [6.07, 6.45) is 0.805. The first-order valence-corrected chi connectivity index (χ1v) is 8.98. The smallest absolute Gasteiger partial charge is 0.346 e. The van der Waals surface area contributed by atoms with Crippen LogP contribution in [0.2, 0.25) is 0 Å². The largest absolute Gasteiger partial charge is 0.477 e. The SMILES string of the molecule is CC(C)CCS(=O)Cc1c(C(=O)O)sc2cccc(F)c12. The van der Waals surface area contributed by atoms with E-state index in [1.807, 2.05) is 13.8 Å². The summed E-state index contributed by atoms with van der Waals surface area (Å²) in [7, 11) is -1.18. The molecule has 0 aliphatic heterocycles. The third-order valence-corrected chi connectivity index (χ3v) is 5.67. The normalized spacial score (nSPS) is 13.0. The van der Waals surface area contributed by atoms with Crippen LogP contribution in [0.3, 0.4) is 0 Å². The highest BCUT2D eigenvalue weighted by Crippen LogP contribution is 2.34. The summed E-state index contributed by atoms with van der Waals surface area (Å²) in [6, 6.07) is 4.55. The van der Waals surface area contributed by atoms with Crippen molar-refractivity contribution in [2.45, 2.75) is 26.0 Å². The van der Waals surface area contributed by atoms with E-state index in [2.05, 4.69) is 0 Å². The third kappa shape index (κ3) is 3.68. The first kappa shape index (κ1) is 16.1. The molecule has 2 rings (SSSR count). The van der Waals surface area contributed by atoms with E-state index < -0.39 is 22.6 Å². The molecule has 1 aromatic heterocycles. The fourth-order valence-electron chi connectivity index (χ4n) is 2.08. The molecule has 0 spiro atoms. The number of hydrogen-bond donors (Lipinski definition) is 1. The third-order valence-electron chi connectivity index (χ3n) is 3.19. The quantitative estimate of drug-likeness (QED) is 0.871. The van der Waals surface area contributed by atoms with E-state index in [-0.39, 0.29) is 10.6 Å². The van der Waals surface area contributed by atoms with E-state index in [0.29, 0.717) is 27.3 Å². The lowest BCUT2D eigenvalue weighted by atomic mass is 10.1. The average Bonchev–Trinajstić information content (AvgIpc) is 2.77. The van der Waals surface area contributed by atoms with Crippen molar-refractivity contribution < 1.29 is 18.5 Å². The molecule has 6 heteroatoms. The van der Waals surface area contributed by atoms with Gasteiger partial charge in [-0.05, 0) is 24.5 Å². The molecule has 1 atom stereocenters. The van der Waals surface area contributed by atoms with Gasteiger partial charge in [-0.15, -0.1) is 11.3 Å². The zero-order chi connectivity index (χ0) is 15.6. The van der Waals surface area contributed by atoms with Gasteiger partial charge in [-0.3, -0.25) is 4.21 Å². The van der Waals surface area contributed by atoms with Gasteiger partial charge in [-0.1, -0.05) is 19.9 Å². The highest BCUT2D eigenvalue weighted by Gasteiger charge is 2.21. The van der Waals surface area contributed by atoms with Gasteiger partial charge in [0.05, 0.1) is 5.75 Å². The van der Waals surface area contributed by atoms with Gasteiger partial charge < -0.3 is 5.11 Å². The van der Waals surface area contributed by atoms with Gasteiger partial charge in [0.1, 0.15) is 10.7 Å². The Morgan fingerprint density at radius 2 is 2.14 bits per heavy atom. The van der Waals surface area contributed by atoms with Gasteiger partial charge in [0, 0.05) is 32.2 Å². The maximum Gasteiger partial charge on any atom is 0.346 e. The molecule has 0 bridgehead atoms. The maximum absolute atomic E-state index is 14.0. The van der Waals surface area contributed by atoms with Crippen LogP contribution in [-0.4, -0.2) is 21.0 Å². The first-order chi connectivity index (χ1) is 9.90. The predicted octanol–water partition coefficient (Wildman–Crippen LogP) is 4.03. The summed E-state index contributed by atoms with van der Waals surface area (Å²) in [5, 5.41) is 9.58. The van der Waals surface area contributed by atoms with E-state index in [9.17, 15) is 18.5 Å². The second-order valence-electron chi connectivity index (χ2n) is 5.30. The van der Waals surface area contributed by atoms with Gasteiger partial charge in [0.2, 0.25) is 0 Å². The van der Waals surface area contributed by atoms with Crippen LogP contribution in [0.15, 0.2) is 18.2 Å². The van der Waals surface area contributed by atoms with Crippen LogP contribution in [0.1, 0.15) is 35.5 Å². The monoisotopic (exact) mass is 328 g/mol. The van der Waals surface area contributed by atoms with Crippen LogP contribution in [0.5, 0.6) is 0 Å². The highest BCUT2D eigenvalue weighted by atomic mass is 32.2. The number of carboxylic acids is 1. The molecule has 1 heterocycles. The molecule has 0 amide bonds. The molecular weight excluding hydrogens is 311 g/mol. The van der Waals surface area contributed by atoms with Crippen molar-refractivity contribution in [3.8, 4) is 0 Å². The first-order valence-electron chi connectivity index (χ1n) is 6.68. The molecule has 0 fully saturated rings. The molecule has 0 saturated heterocycles. The summed E-state index contributed by atoms with van der Waals surface area (Å²) < 4.78 is 26.7. The topological polar surface area (TPSA) is 54.4 Å². The summed E-state index contributed by atoms with van der Waals surface area (Å²) in [5.74, 6) is -0.514. The van der Waals surface area contributed by atoms with Crippen molar-refractivity contribution in [2.75, 3.05) is 5.75 Å². The number of hydrogen-bond acceptors (Lipinski definition) is 3. The van der Waals surface area contributed by atoms with E-state index in [1.165, 1.54) is 6.07 Å². The van der Waals surface area contributed by atoms with Crippen molar-refractivity contribution in [2.24, 2.45) is 5.92 Å². The zero-order valence-corrected chi connectivity index (χ0v) is 13.5. The number of halogens is 1. The van der Waals surface area contributed by atoms with Crippen molar-refractivity contribution >= 4 is 38.2 Å². The minimum Gasteiger partial charge on any atom is -0.477 e. The van der Waals surface area contributed by atoms with Crippen molar-refractivity contribution in [1.82, 2.24) is 0 Å². The lowest BCUT2D eigenvalue weighted by Crippen LogP contribution is -2.07. The van der Waals surface area contributed by atoms with Crippen molar-refractivity contribution in [3.63, 3.8) is 0 Å². The number of thiophene rings is 1. The van der Waals surface area contributed by atoms with Gasteiger partial charge in [-0.25, -0.2) is 9.18 Å². The molecule has 0 aliphatic carbocycles. The molecule has 114 valence electrons. The molecule has 1 unspecified atom stereocenters. The number of fused-ring (bicyclic) bond motifs is 1. The van der Waals surface area contributed by atoms with E-state index in [0.717, 1.165) is 17.8 Å². The van der Waals surface area contributed by atoms with E-state index in [1.54, 1.807) is 12.1 Å². The molecular formula is C15H17FO3S2. The zero-order valence-electron chi connectivity index (χ0n) is 11.9. The molecule has 0 aliphatic rings. The number of aromatic carboxylic acids is 1. The number of carbonyl (C=O) groups is 1. The Bertz CT molecular complexity index is 692. The van der Waals surface area contributed by atoms with Crippen LogP contribution in [0.4, 0.5) is 4.39 Å². The Morgan fingerprint density at radius 3 is 2.76 bits per heavy atom. The van der Waals surface area contributed by atoms with Crippen LogP contribution in [0.25, 0.3) is 10.1 Å². The summed E-state index contributed by atoms with van der Waals surface area (Å²) in [6.45, 7) is 4.08. The Hall–Kier alpha value is -1.27. The van der Waals surface area contributed by atoms with Crippen LogP contribution >= 0.6 is 11.3 Å². The molecule has 1 aromatic carbocycles. The fraction of sp³-hybridized carbons (Fsp3) is 0.400. The van der Waals surface area contributed by atoms with Gasteiger partial charge in [0.15, 0.2) is 0 Å². The average molecular weight is 328 g/mol. The maximum atomic E-state index is 14.0. The number of carboxylic acid groups (broad SMARTS) is 1. The predicted molar refractivity (Wildman–Crippen MR) is 84.9 cm³/mol. The molecule has 3 nitrogen and oxygen atoms in total. The van der Waals surface area contributed by atoms with Gasteiger partial charge >= 0.3 is 5.97 Å². The summed E-state index contributed by atoms with van der Waals surface area (Å²) in [4.78, 5) is 11.4. The minimum atomic E-state index is -1.18. The van der Waals surface area contributed by atoms with Crippen LogP contribution in [0, 0.1) is 11.7 Å². The highest BCUT2D eigenvalue weighted by molar-refractivity contribution is 7.84. The number of rotatable bonds is 6. The van der Waals surface area contributed by atoms with E-state index in [4.69, 9.17) is 0 Å². The second kappa shape index (κ2) is 6.66. The van der Waals surface area contributed by atoms with Crippen LogP contribution in [-0.2, 0) is 16.6 Å². The Kier molecular flexibility index (Phi) is 5.11. The van der Waals surface area contributed by atoms with Crippen LogP contribution < -0.4 is 0 Å². The molecule has 1 N–H and O–H groups in total. The standard InChI is InChI=1S/C15H17FO3S2/c1-9(2)6-7-21(19)8-10-13-11(16)4-3-5-12(13)20-14(10)15(17)18/h3-5,9H,6-8H2,1-2H3,(H,17,18). The lowest BCUT2D eigenvalue weighted by molar-refractivity contribution is 0.0701. The summed E-state index contributed by atoms with van der Waals surface area (Å²) >= 11 is 1.04. The molecule has 0 saturated carbocycles. The fourth-order valence-corrected chi connectivity index (χ4v) is 4.73. The molecule has 0 radical (unpaired) electrons. The second-order valence-corrected chi connectivity index (χ2v) is 7.93. The van der Waals surface area contributed by atoms with E-state index >= 15 is 0 Å². The Labute approximate surface area is 129 Å². The van der Waals surface area contributed by atoms with Crippen molar-refractivity contribution in [1.29, 1.82) is 0 Å². The minimum absolute atomic E-state index is 0.0907. The van der Waals surface area contributed by atoms with Crippen molar-refractivity contribution in [3.05, 3.63) is 34.5 Å². The Balaban J connectivity index is 2.39.